The van der Waals surface area contributed by atoms with E-state index in [1.165, 1.54) is 4.90 Å². The second-order valence-corrected chi connectivity index (χ2v) is 12.9. The molecule has 2 bridgehead atoms. The van der Waals surface area contributed by atoms with Gasteiger partial charge in [-0.3, -0.25) is 14.4 Å². The summed E-state index contributed by atoms with van der Waals surface area (Å²) >= 11 is 10.3. The zero-order valence-corrected chi connectivity index (χ0v) is 26.3. The molecule has 1 aromatic rings. The molecule has 1 spiro atoms. The van der Waals surface area contributed by atoms with E-state index in [0.29, 0.717) is 36.4 Å². The number of nitrogens with zero attached hydrogens (tertiary/aromatic N) is 2. The highest BCUT2D eigenvalue weighted by molar-refractivity contribution is 9.09. The molecule has 0 aliphatic carbocycles. The third kappa shape index (κ3) is 5.39. The number of aliphatic hydroxyl groups excluding tert-OH is 1. The number of amides is 2. The van der Waals surface area contributed by atoms with Gasteiger partial charge in [0.1, 0.15) is 11.6 Å². The summed E-state index contributed by atoms with van der Waals surface area (Å²) in [6.07, 6.45) is 5.08. The van der Waals surface area contributed by atoms with E-state index in [1.807, 2.05) is 32.9 Å². The summed E-state index contributed by atoms with van der Waals surface area (Å²) in [6.45, 7) is 13.3. The molecule has 4 rings (SSSR count). The van der Waals surface area contributed by atoms with Crippen LogP contribution in [0.25, 0.3) is 0 Å². The number of anilines is 1. The van der Waals surface area contributed by atoms with Crippen molar-refractivity contribution in [2.45, 2.75) is 75.1 Å². The number of alkyl halides is 1. The summed E-state index contributed by atoms with van der Waals surface area (Å²) < 4.78 is 12.2. The Morgan fingerprint density at radius 2 is 2.10 bits per heavy atom. The molecule has 8 nitrogen and oxygen atoms in total. The first kappa shape index (κ1) is 31.7. The number of likely N-dealkylation sites (tertiary alicyclic amines) is 1. The van der Waals surface area contributed by atoms with E-state index in [0.717, 1.165) is 5.56 Å². The predicted octanol–water partition coefficient (Wildman–Crippen LogP) is 4.83. The Balaban J connectivity index is 1.83. The molecule has 8 atom stereocenters. The first-order valence-corrected chi connectivity index (χ1v) is 15.6. The molecule has 3 aliphatic rings. The smallest absolute Gasteiger partial charge is 0.312 e. The zero-order valence-electron chi connectivity index (χ0n) is 23.9. The maximum Gasteiger partial charge on any atom is 0.312 e. The summed E-state index contributed by atoms with van der Waals surface area (Å²) in [7, 11) is 0. The lowest BCUT2D eigenvalue weighted by molar-refractivity contribution is -0.156. The van der Waals surface area contributed by atoms with Crippen LogP contribution in [0.5, 0.6) is 0 Å². The summed E-state index contributed by atoms with van der Waals surface area (Å²) in [5, 5.41) is 11.0. The Bertz CT molecular complexity index is 1170. The molecule has 0 radical (unpaired) electrons. The fourth-order valence-corrected chi connectivity index (χ4v) is 8.08. The number of fused-ring (bicyclic) bond motifs is 1. The minimum Gasteiger partial charge on any atom is -0.465 e. The van der Waals surface area contributed by atoms with Crippen LogP contribution >= 0.6 is 27.5 Å². The number of esters is 1. The van der Waals surface area contributed by atoms with Crippen LogP contribution in [0.15, 0.2) is 43.5 Å². The number of hydrogen-bond acceptors (Lipinski definition) is 6. The van der Waals surface area contributed by atoms with E-state index in [-0.39, 0.29) is 42.3 Å². The minimum absolute atomic E-state index is 0.120. The van der Waals surface area contributed by atoms with Crippen LogP contribution in [0, 0.1) is 24.7 Å². The maximum absolute atomic E-state index is 14.8. The van der Waals surface area contributed by atoms with Gasteiger partial charge >= 0.3 is 5.97 Å². The topological polar surface area (TPSA) is 96.4 Å². The van der Waals surface area contributed by atoms with Gasteiger partial charge in [-0.1, -0.05) is 72.1 Å². The summed E-state index contributed by atoms with van der Waals surface area (Å²) in [6, 6.07) is 3.64. The fraction of sp³-hybridized carbons (Fsp3) is 0.581. The predicted molar refractivity (Wildman–Crippen MR) is 162 cm³/mol. The Kier molecular flexibility index (Phi) is 10.0. The van der Waals surface area contributed by atoms with Crippen molar-refractivity contribution in [3.05, 3.63) is 54.1 Å². The monoisotopic (exact) mass is 650 g/mol. The molecule has 3 unspecified atom stereocenters. The highest BCUT2D eigenvalue weighted by Gasteiger charge is 2.77. The van der Waals surface area contributed by atoms with Crippen molar-refractivity contribution in [2.75, 3.05) is 24.7 Å². The quantitative estimate of drug-likeness (QED) is 0.142. The highest BCUT2D eigenvalue weighted by Crippen LogP contribution is 2.61. The van der Waals surface area contributed by atoms with Crippen molar-refractivity contribution in [1.29, 1.82) is 0 Å². The first-order chi connectivity index (χ1) is 19.6. The van der Waals surface area contributed by atoms with Crippen LogP contribution in [0.1, 0.15) is 45.1 Å². The average Bonchev–Trinajstić information content (AvgIpc) is 3.54. The molecule has 41 heavy (non-hydrogen) atoms. The number of unbranched alkanes of at least 4 members (excludes halogenated alkanes) is 1. The number of carbonyl (C=O) groups is 3. The lowest BCUT2D eigenvalue weighted by atomic mass is 9.70. The number of ether oxygens (including phenoxy) is 2. The lowest BCUT2D eigenvalue weighted by Gasteiger charge is -2.41. The van der Waals surface area contributed by atoms with E-state index in [4.69, 9.17) is 21.1 Å². The van der Waals surface area contributed by atoms with Gasteiger partial charge in [-0.05, 0) is 43.7 Å². The van der Waals surface area contributed by atoms with Gasteiger partial charge < -0.3 is 24.4 Å². The van der Waals surface area contributed by atoms with Crippen molar-refractivity contribution in [2.24, 2.45) is 17.8 Å². The third-order valence-electron chi connectivity index (χ3n) is 8.91. The van der Waals surface area contributed by atoms with Crippen LogP contribution < -0.4 is 4.90 Å². The largest absolute Gasteiger partial charge is 0.465 e. The number of carbonyl (C=O) groups excluding carboxylic acids is 3. The van der Waals surface area contributed by atoms with Crippen LogP contribution in [0.2, 0.25) is 5.02 Å². The number of para-hydroxylation sites is 1. The van der Waals surface area contributed by atoms with Gasteiger partial charge in [-0.25, -0.2) is 0 Å². The molecule has 3 fully saturated rings. The Morgan fingerprint density at radius 1 is 1.37 bits per heavy atom. The van der Waals surface area contributed by atoms with Crippen molar-refractivity contribution < 1.29 is 29.0 Å². The highest BCUT2D eigenvalue weighted by atomic mass is 79.9. The van der Waals surface area contributed by atoms with Gasteiger partial charge in [0.15, 0.2) is 0 Å². The van der Waals surface area contributed by atoms with Gasteiger partial charge in [-0.15, -0.1) is 13.2 Å². The number of hydrogen-bond donors (Lipinski definition) is 1. The number of aryl methyl sites for hydroxylation is 1. The van der Waals surface area contributed by atoms with E-state index in [9.17, 15) is 19.5 Å². The number of aliphatic hydroxyl groups is 1. The van der Waals surface area contributed by atoms with Crippen molar-refractivity contribution in [3.8, 4) is 0 Å². The first-order valence-electron chi connectivity index (χ1n) is 14.3. The van der Waals surface area contributed by atoms with Crippen LogP contribution in [0.3, 0.4) is 0 Å². The fourth-order valence-electron chi connectivity index (χ4n) is 6.82. The second kappa shape index (κ2) is 13.0. The molecule has 0 aromatic heterocycles. The Labute approximate surface area is 255 Å². The van der Waals surface area contributed by atoms with Gasteiger partial charge in [0, 0.05) is 11.4 Å². The zero-order chi connectivity index (χ0) is 30.1. The molecule has 1 N–H and O–H groups in total. The maximum atomic E-state index is 14.8. The molecule has 10 heteroatoms. The molecule has 3 heterocycles. The molecule has 224 valence electrons. The summed E-state index contributed by atoms with van der Waals surface area (Å²) in [5.41, 5.74) is 0.0264. The number of benzene rings is 1. The molecule has 2 amide bonds. The van der Waals surface area contributed by atoms with Crippen LogP contribution in [-0.2, 0) is 23.9 Å². The van der Waals surface area contributed by atoms with Crippen molar-refractivity contribution in [1.82, 2.24) is 4.90 Å². The summed E-state index contributed by atoms with van der Waals surface area (Å²) in [5.74, 6) is -3.18. The van der Waals surface area contributed by atoms with Crippen LogP contribution in [-0.4, -0.2) is 76.2 Å². The van der Waals surface area contributed by atoms with E-state index in [1.54, 1.807) is 23.1 Å². The number of allylic oxidation sites excluding steroid dienone is 1. The SMILES string of the molecule is C=CCCCOC(=O)[C@H]1[C@@H]2OC3(CC2Br)C(C(=O)N(CC=C)c2c(C)cccc2Cl)N([C@@H](CO)[C@@H](C)CC)C(=O)[C@H]13. The van der Waals surface area contributed by atoms with E-state index < -0.39 is 41.6 Å². The average molecular weight is 652 g/mol. The normalized spacial score (nSPS) is 29.7. The molecular weight excluding hydrogens is 612 g/mol. The molecule has 1 aromatic carbocycles. The third-order valence-corrected chi connectivity index (χ3v) is 10.1. The van der Waals surface area contributed by atoms with E-state index >= 15 is 0 Å². The Hall–Kier alpha value is -2.20. The minimum atomic E-state index is -1.28. The molecule has 3 saturated heterocycles. The lowest BCUT2D eigenvalue weighted by Crippen LogP contribution is -2.60. The molecular formula is C31H40BrClN2O6. The standard InChI is InChI=1S/C31H40BrClN2O6/c1-6-9-10-15-40-30(39)23-24-28(37)35(22(17-36)18(4)8-3)27(31(24)16-20(32)26(23)41-31)29(38)34(14-7-2)25-19(5)12-11-13-21(25)33/h6-7,11-13,18,20,22-24,26-27,36H,1-2,8-10,14-17H2,3-5H3/t18-,20?,22-,23+,24-,26+,27?,31?/m0/s1. The van der Waals surface area contributed by atoms with Crippen molar-refractivity contribution in [3.63, 3.8) is 0 Å². The second-order valence-electron chi connectivity index (χ2n) is 11.3. The molecule has 0 saturated carbocycles. The van der Waals surface area contributed by atoms with Gasteiger partial charge in [0.2, 0.25) is 5.91 Å². The van der Waals surface area contributed by atoms with Gasteiger partial charge in [0.25, 0.3) is 5.91 Å². The number of rotatable bonds is 13. The van der Waals surface area contributed by atoms with Gasteiger partial charge in [-0.2, -0.15) is 0 Å². The van der Waals surface area contributed by atoms with Crippen molar-refractivity contribution >= 4 is 51.0 Å². The Morgan fingerprint density at radius 3 is 2.71 bits per heavy atom. The molecule has 3 aliphatic heterocycles. The van der Waals surface area contributed by atoms with Crippen LogP contribution in [0.4, 0.5) is 5.69 Å². The van der Waals surface area contributed by atoms with Gasteiger partial charge in [0.05, 0.1) is 47.9 Å². The van der Waals surface area contributed by atoms with E-state index in [2.05, 4.69) is 29.1 Å². The summed E-state index contributed by atoms with van der Waals surface area (Å²) in [4.78, 5) is 45.5. The number of halogens is 2.